The second kappa shape index (κ2) is 7.65. The molecule has 3 heterocycles. The highest BCUT2D eigenvalue weighted by atomic mass is 35.5. The number of nitro groups is 1. The number of halogens is 1. The standard InChI is InChI=1S/C23H18ClN5O3/c1-15-4-7-17(8-5-15)28-22(26-10-2-3-11-26)19-13-27(14-20(19)25-28)23(30)18-12-16(24)6-9-21(18)29(31)32/h2-12H,13-14H2,1H3. The number of fused-ring (bicyclic) bond motifs is 1. The van der Waals surface area contributed by atoms with E-state index in [1.807, 2.05) is 65.0 Å². The number of hydrogen-bond acceptors (Lipinski definition) is 4. The summed E-state index contributed by atoms with van der Waals surface area (Å²) in [6, 6.07) is 15.9. The van der Waals surface area contributed by atoms with E-state index < -0.39 is 10.8 Å². The van der Waals surface area contributed by atoms with Crippen molar-refractivity contribution in [2.75, 3.05) is 0 Å². The summed E-state index contributed by atoms with van der Waals surface area (Å²) >= 11 is 6.02. The van der Waals surface area contributed by atoms with Gasteiger partial charge in [-0.3, -0.25) is 14.9 Å². The first kappa shape index (κ1) is 20.0. The maximum atomic E-state index is 13.2. The van der Waals surface area contributed by atoms with Crippen LogP contribution < -0.4 is 0 Å². The molecule has 0 saturated carbocycles. The topological polar surface area (TPSA) is 86.2 Å². The summed E-state index contributed by atoms with van der Waals surface area (Å²) in [6.45, 7) is 2.57. The maximum absolute atomic E-state index is 13.2. The summed E-state index contributed by atoms with van der Waals surface area (Å²) < 4.78 is 3.83. The Morgan fingerprint density at radius 1 is 1.09 bits per heavy atom. The molecule has 2 aromatic carbocycles. The average Bonchev–Trinajstić information content (AvgIpc) is 3.49. The second-order valence-corrected chi connectivity index (χ2v) is 8.10. The Bertz CT molecular complexity index is 1340. The van der Waals surface area contributed by atoms with Gasteiger partial charge < -0.3 is 9.47 Å². The number of nitro benzene ring substituents is 1. The lowest BCUT2D eigenvalue weighted by Crippen LogP contribution is -2.27. The Kier molecular flexibility index (Phi) is 4.79. The zero-order valence-corrected chi connectivity index (χ0v) is 17.9. The van der Waals surface area contributed by atoms with Crippen molar-refractivity contribution < 1.29 is 9.72 Å². The highest BCUT2D eigenvalue weighted by Gasteiger charge is 2.34. The number of aryl methyl sites for hydroxylation is 1. The number of hydrogen-bond donors (Lipinski definition) is 0. The van der Waals surface area contributed by atoms with Gasteiger partial charge in [0.05, 0.1) is 29.4 Å². The van der Waals surface area contributed by atoms with Crippen LogP contribution in [0.4, 0.5) is 5.69 Å². The quantitative estimate of drug-likeness (QED) is 0.335. The SMILES string of the molecule is Cc1ccc(-n2nc3c(c2-n2cccc2)CN(C(=O)c2cc(Cl)ccc2[N+](=O)[O-])C3)cc1. The van der Waals surface area contributed by atoms with Gasteiger partial charge in [-0.25, -0.2) is 4.68 Å². The van der Waals surface area contributed by atoms with E-state index in [0.29, 0.717) is 0 Å². The normalized spacial score (nSPS) is 12.8. The van der Waals surface area contributed by atoms with E-state index in [0.717, 1.165) is 28.3 Å². The Labute approximate surface area is 188 Å². The van der Waals surface area contributed by atoms with Gasteiger partial charge in [0, 0.05) is 29.0 Å². The lowest BCUT2D eigenvalue weighted by atomic mass is 10.1. The summed E-state index contributed by atoms with van der Waals surface area (Å²) in [6.07, 6.45) is 3.85. The van der Waals surface area contributed by atoms with Crippen LogP contribution >= 0.6 is 11.6 Å². The molecule has 160 valence electrons. The molecule has 0 fully saturated rings. The third kappa shape index (κ3) is 3.34. The molecule has 0 unspecified atom stereocenters. The van der Waals surface area contributed by atoms with E-state index in [1.165, 1.54) is 18.2 Å². The smallest absolute Gasteiger partial charge is 0.282 e. The minimum Gasteiger partial charge on any atom is -0.328 e. The van der Waals surface area contributed by atoms with Crippen LogP contribution in [0.15, 0.2) is 67.0 Å². The summed E-state index contributed by atoms with van der Waals surface area (Å²) in [5, 5.41) is 16.5. The molecule has 4 aromatic rings. The number of aromatic nitrogens is 3. The minimum absolute atomic E-state index is 0.0263. The van der Waals surface area contributed by atoms with Crippen LogP contribution in [0.25, 0.3) is 11.5 Å². The zero-order chi connectivity index (χ0) is 22.4. The van der Waals surface area contributed by atoms with Gasteiger partial charge in [-0.15, -0.1) is 0 Å². The van der Waals surface area contributed by atoms with Crippen molar-refractivity contribution in [3.05, 3.63) is 105 Å². The van der Waals surface area contributed by atoms with Gasteiger partial charge in [0.1, 0.15) is 11.4 Å². The van der Waals surface area contributed by atoms with Crippen LogP contribution in [-0.4, -0.2) is 30.1 Å². The molecule has 1 aliphatic rings. The van der Waals surface area contributed by atoms with E-state index in [2.05, 4.69) is 0 Å². The van der Waals surface area contributed by atoms with Crippen LogP contribution in [0.2, 0.25) is 5.02 Å². The molecule has 1 aliphatic heterocycles. The van der Waals surface area contributed by atoms with Crippen molar-refractivity contribution >= 4 is 23.2 Å². The van der Waals surface area contributed by atoms with E-state index in [9.17, 15) is 14.9 Å². The van der Waals surface area contributed by atoms with Crippen molar-refractivity contribution in [1.29, 1.82) is 0 Å². The molecule has 2 aromatic heterocycles. The van der Waals surface area contributed by atoms with Crippen molar-refractivity contribution in [2.45, 2.75) is 20.0 Å². The van der Waals surface area contributed by atoms with Crippen molar-refractivity contribution in [1.82, 2.24) is 19.2 Å². The number of benzene rings is 2. The van der Waals surface area contributed by atoms with Gasteiger partial charge in [-0.05, 0) is 43.3 Å². The third-order valence-corrected chi connectivity index (χ3v) is 5.76. The first-order chi connectivity index (χ1) is 15.4. The van der Waals surface area contributed by atoms with Crippen molar-refractivity contribution in [2.24, 2.45) is 0 Å². The molecular formula is C23H18ClN5O3. The van der Waals surface area contributed by atoms with Gasteiger partial charge in [-0.1, -0.05) is 29.3 Å². The van der Waals surface area contributed by atoms with Crippen LogP contribution in [0.1, 0.15) is 27.2 Å². The Morgan fingerprint density at radius 3 is 2.50 bits per heavy atom. The van der Waals surface area contributed by atoms with E-state index in [-0.39, 0.29) is 29.4 Å². The molecule has 1 amide bonds. The molecule has 0 spiro atoms. The molecule has 0 radical (unpaired) electrons. The molecule has 0 N–H and O–H groups in total. The molecule has 0 aliphatic carbocycles. The van der Waals surface area contributed by atoms with Crippen LogP contribution in [0.3, 0.4) is 0 Å². The molecule has 9 heteroatoms. The molecular weight excluding hydrogens is 430 g/mol. The predicted molar refractivity (Wildman–Crippen MR) is 119 cm³/mol. The molecule has 32 heavy (non-hydrogen) atoms. The summed E-state index contributed by atoms with van der Waals surface area (Å²) in [4.78, 5) is 25.6. The Morgan fingerprint density at radius 2 is 1.81 bits per heavy atom. The van der Waals surface area contributed by atoms with E-state index >= 15 is 0 Å². The first-order valence-corrected chi connectivity index (χ1v) is 10.3. The number of carbonyl (C=O) groups is 1. The van der Waals surface area contributed by atoms with Gasteiger partial charge >= 0.3 is 0 Å². The average molecular weight is 448 g/mol. The summed E-state index contributed by atoms with van der Waals surface area (Å²) in [5.74, 6) is 0.391. The molecule has 5 rings (SSSR count). The Hall–Kier alpha value is -3.91. The molecule has 0 bridgehead atoms. The fourth-order valence-corrected chi connectivity index (χ4v) is 4.13. The lowest BCUT2D eigenvalue weighted by molar-refractivity contribution is -0.385. The zero-order valence-electron chi connectivity index (χ0n) is 17.1. The summed E-state index contributed by atoms with van der Waals surface area (Å²) in [7, 11) is 0. The highest BCUT2D eigenvalue weighted by Crippen LogP contribution is 2.33. The van der Waals surface area contributed by atoms with Crippen molar-refractivity contribution in [3.8, 4) is 11.5 Å². The van der Waals surface area contributed by atoms with Crippen LogP contribution in [0, 0.1) is 17.0 Å². The van der Waals surface area contributed by atoms with E-state index in [1.54, 1.807) is 4.90 Å². The predicted octanol–water partition coefficient (Wildman–Crippen LogP) is 4.69. The first-order valence-electron chi connectivity index (χ1n) is 9.97. The minimum atomic E-state index is -0.568. The maximum Gasteiger partial charge on any atom is 0.282 e. The van der Waals surface area contributed by atoms with Gasteiger partial charge in [0.25, 0.3) is 11.6 Å². The fourth-order valence-electron chi connectivity index (χ4n) is 3.96. The van der Waals surface area contributed by atoms with Gasteiger partial charge in [-0.2, -0.15) is 5.10 Å². The number of rotatable bonds is 4. The van der Waals surface area contributed by atoms with E-state index in [4.69, 9.17) is 16.7 Å². The van der Waals surface area contributed by atoms with Gasteiger partial charge in [0.15, 0.2) is 0 Å². The molecule has 8 nitrogen and oxygen atoms in total. The Balaban J connectivity index is 1.55. The van der Waals surface area contributed by atoms with Gasteiger partial charge in [0.2, 0.25) is 0 Å². The number of nitrogens with zero attached hydrogens (tertiary/aromatic N) is 5. The lowest BCUT2D eigenvalue weighted by Gasteiger charge is -2.18. The highest BCUT2D eigenvalue weighted by molar-refractivity contribution is 6.31. The van der Waals surface area contributed by atoms with Crippen molar-refractivity contribution in [3.63, 3.8) is 0 Å². The fraction of sp³-hybridized carbons (Fsp3) is 0.130. The third-order valence-electron chi connectivity index (χ3n) is 5.53. The second-order valence-electron chi connectivity index (χ2n) is 7.67. The number of amides is 1. The van der Waals surface area contributed by atoms with Crippen LogP contribution in [0.5, 0.6) is 0 Å². The molecule has 0 atom stereocenters. The van der Waals surface area contributed by atoms with Crippen LogP contribution in [-0.2, 0) is 13.1 Å². The molecule has 0 saturated heterocycles. The summed E-state index contributed by atoms with van der Waals surface area (Å²) in [5.41, 5.74) is 3.43. The monoisotopic (exact) mass is 447 g/mol. The largest absolute Gasteiger partial charge is 0.328 e. The number of carbonyl (C=O) groups excluding carboxylic acids is 1.